The molecule has 0 radical (unpaired) electrons. The van der Waals surface area contributed by atoms with Crippen LogP contribution in [0, 0.1) is 17.7 Å². The van der Waals surface area contributed by atoms with Crippen LogP contribution in [-0.2, 0) is 9.47 Å². The maximum atomic E-state index is 14.2. The Morgan fingerprint density at radius 1 is 0.793 bits per heavy atom. The highest BCUT2D eigenvalue weighted by molar-refractivity contribution is 6.03. The third-order valence-corrected chi connectivity index (χ3v) is 4.76. The molecule has 0 aliphatic rings. The van der Waals surface area contributed by atoms with Crippen molar-refractivity contribution < 1.29 is 23.5 Å². The van der Waals surface area contributed by atoms with Gasteiger partial charge in [0.15, 0.2) is 0 Å². The van der Waals surface area contributed by atoms with Crippen LogP contribution in [0.4, 0.5) is 4.39 Å². The molecule has 0 bridgehead atoms. The van der Waals surface area contributed by atoms with Gasteiger partial charge >= 0.3 is 11.9 Å². The summed E-state index contributed by atoms with van der Waals surface area (Å²) in [5.74, 6) is -0.942. The van der Waals surface area contributed by atoms with Crippen LogP contribution in [0.1, 0.15) is 99.8 Å². The van der Waals surface area contributed by atoms with E-state index in [-0.39, 0.29) is 24.3 Å². The third-order valence-electron chi connectivity index (χ3n) is 4.76. The van der Waals surface area contributed by atoms with Crippen LogP contribution in [-0.4, -0.2) is 25.2 Å². The summed E-state index contributed by atoms with van der Waals surface area (Å²) < 4.78 is 24.7. The van der Waals surface area contributed by atoms with E-state index in [2.05, 4.69) is 27.7 Å². The molecule has 0 saturated heterocycles. The normalized spacial score (nSPS) is 11.1. The van der Waals surface area contributed by atoms with Gasteiger partial charge in [-0.25, -0.2) is 14.0 Å². The molecule has 0 aliphatic heterocycles. The molecule has 164 valence electrons. The van der Waals surface area contributed by atoms with E-state index in [0.29, 0.717) is 11.8 Å². The first-order valence-corrected chi connectivity index (χ1v) is 11.0. The van der Waals surface area contributed by atoms with Gasteiger partial charge in [-0.3, -0.25) is 0 Å². The van der Waals surface area contributed by atoms with E-state index >= 15 is 0 Å². The van der Waals surface area contributed by atoms with E-state index in [0.717, 1.165) is 57.4 Å². The van der Waals surface area contributed by atoms with Crippen molar-refractivity contribution in [1.82, 2.24) is 0 Å². The van der Waals surface area contributed by atoms with Crippen LogP contribution in [0.5, 0.6) is 0 Å². The monoisotopic (exact) mass is 408 g/mol. The van der Waals surface area contributed by atoms with E-state index in [1.54, 1.807) is 0 Å². The summed E-state index contributed by atoms with van der Waals surface area (Å²) in [7, 11) is 0. The first kappa shape index (κ1) is 25.1. The number of hydrogen-bond donors (Lipinski definition) is 0. The molecule has 0 amide bonds. The second kappa shape index (κ2) is 14.1. The van der Waals surface area contributed by atoms with Gasteiger partial charge in [0.1, 0.15) is 11.4 Å². The van der Waals surface area contributed by atoms with Gasteiger partial charge in [-0.1, -0.05) is 72.3 Å². The molecule has 0 N–H and O–H groups in total. The summed E-state index contributed by atoms with van der Waals surface area (Å²) in [6.45, 7) is 9.18. The second-order valence-electron chi connectivity index (χ2n) is 8.42. The molecule has 4 nitrogen and oxygen atoms in total. The molecule has 0 spiro atoms. The van der Waals surface area contributed by atoms with Gasteiger partial charge in [-0.05, 0) is 36.8 Å². The smallest absolute Gasteiger partial charge is 0.342 e. The van der Waals surface area contributed by atoms with E-state index in [1.165, 1.54) is 12.1 Å². The van der Waals surface area contributed by atoms with Crippen LogP contribution in [0.15, 0.2) is 18.2 Å². The zero-order chi connectivity index (χ0) is 21.6. The predicted octanol–water partition coefficient (Wildman–Crippen LogP) is 6.57. The SMILES string of the molecule is CC(C)CCCCCOC(=O)c1cccc(F)c1C(=O)OCCCCCC(C)C. The molecular weight excluding hydrogens is 371 g/mol. The minimum absolute atomic E-state index is 0.0722. The molecule has 0 saturated carbocycles. The molecular formula is C24H37FO4. The highest BCUT2D eigenvalue weighted by Gasteiger charge is 2.23. The lowest BCUT2D eigenvalue weighted by Gasteiger charge is -2.11. The summed E-state index contributed by atoms with van der Waals surface area (Å²) in [6.07, 6.45) is 7.84. The van der Waals surface area contributed by atoms with Gasteiger partial charge in [0.25, 0.3) is 0 Å². The average molecular weight is 409 g/mol. The topological polar surface area (TPSA) is 52.6 Å². The van der Waals surface area contributed by atoms with Crippen LogP contribution in [0.25, 0.3) is 0 Å². The number of unbranched alkanes of at least 4 members (excludes halogenated alkanes) is 4. The van der Waals surface area contributed by atoms with E-state index in [9.17, 15) is 14.0 Å². The highest BCUT2D eigenvalue weighted by atomic mass is 19.1. The van der Waals surface area contributed by atoms with E-state index in [1.807, 2.05) is 0 Å². The number of rotatable bonds is 14. The zero-order valence-electron chi connectivity index (χ0n) is 18.5. The fourth-order valence-electron chi connectivity index (χ4n) is 3.04. The molecule has 0 aliphatic carbocycles. The van der Waals surface area contributed by atoms with Crippen molar-refractivity contribution in [3.63, 3.8) is 0 Å². The zero-order valence-corrected chi connectivity index (χ0v) is 18.5. The second-order valence-corrected chi connectivity index (χ2v) is 8.42. The molecule has 0 atom stereocenters. The first-order chi connectivity index (χ1) is 13.8. The molecule has 5 heteroatoms. The lowest BCUT2D eigenvalue weighted by molar-refractivity contribution is 0.0445. The van der Waals surface area contributed by atoms with Gasteiger partial charge < -0.3 is 9.47 Å². The van der Waals surface area contributed by atoms with Gasteiger partial charge in [0.2, 0.25) is 0 Å². The van der Waals surface area contributed by atoms with Crippen molar-refractivity contribution >= 4 is 11.9 Å². The molecule has 29 heavy (non-hydrogen) atoms. The van der Waals surface area contributed by atoms with Gasteiger partial charge in [0, 0.05) is 0 Å². The Morgan fingerprint density at radius 3 is 1.83 bits per heavy atom. The minimum atomic E-state index is -0.809. The molecule has 1 rings (SSSR count). The number of carbonyl (C=O) groups is 2. The van der Waals surface area contributed by atoms with E-state index < -0.39 is 17.8 Å². The van der Waals surface area contributed by atoms with Gasteiger partial charge in [0.05, 0.1) is 18.8 Å². The van der Waals surface area contributed by atoms with Crippen LogP contribution in [0.2, 0.25) is 0 Å². The molecule has 0 aromatic heterocycles. The fourth-order valence-corrected chi connectivity index (χ4v) is 3.04. The quantitative estimate of drug-likeness (QED) is 0.258. The van der Waals surface area contributed by atoms with Gasteiger partial charge in [-0.15, -0.1) is 0 Å². The lowest BCUT2D eigenvalue weighted by Crippen LogP contribution is -2.17. The molecule has 1 aromatic carbocycles. The largest absolute Gasteiger partial charge is 0.462 e. The summed E-state index contributed by atoms with van der Waals surface area (Å²) in [6, 6.07) is 3.96. The van der Waals surface area contributed by atoms with Gasteiger partial charge in [-0.2, -0.15) is 0 Å². The van der Waals surface area contributed by atoms with Crippen molar-refractivity contribution in [2.45, 2.75) is 79.1 Å². The number of carbonyl (C=O) groups excluding carboxylic acids is 2. The molecule has 1 aromatic rings. The Labute approximate surface area is 175 Å². The number of esters is 2. The van der Waals surface area contributed by atoms with Crippen molar-refractivity contribution in [2.24, 2.45) is 11.8 Å². The Morgan fingerprint density at radius 2 is 1.31 bits per heavy atom. The average Bonchev–Trinajstić information content (AvgIpc) is 2.66. The molecule has 0 fully saturated rings. The van der Waals surface area contributed by atoms with Crippen LogP contribution >= 0.6 is 0 Å². The maximum absolute atomic E-state index is 14.2. The lowest BCUT2D eigenvalue weighted by atomic mass is 10.1. The minimum Gasteiger partial charge on any atom is -0.462 e. The summed E-state index contributed by atoms with van der Waals surface area (Å²) in [5.41, 5.74) is -0.406. The molecule has 0 unspecified atom stereocenters. The van der Waals surface area contributed by atoms with E-state index in [4.69, 9.17) is 9.47 Å². The van der Waals surface area contributed by atoms with Crippen molar-refractivity contribution in [3.8, 4) is 0 Å². The summed E-state index contributed by atoms with van der Waals surface area (Å²) in [5, 5.41) is 0. The highest BCUT2D eigenvalue weighted by Crippen LogP contribution is 2.17. The number of halogens is 1. The fraction of sp³-hybridized carbons (Fsp3) is 0.667. The Bertz CT molecular complexity index is 625. The molecule has 0 heterocycles. The standard InChI is InChI=1S/C24H37FO4/c1-18(2)12-7-5-9-16-28-23(26)20-14-11-15-21(25)22(20)24(27)29-17-10-6-8-13-19(3)4/h11,14-15,18-19H,5-10,12-13,16-17H2,1-4H3. The maximum Gasteiger partial charge on any atom is 0.342 e. The third kappa shape index (κ3) is 10.4. The number of benzene rings is 1. The summed E-state index contributed by atoms with van der Waals surface area (Å²) in [4.78, 5) is 24.7. The Kier molecular flexibility index (Phi) is 12.2. The van der Waals surface area contributed by atoms with Crippen molar-refractivity contribution in [3.05, 3.63) is 35.1 Å². The summed E-state index contributed by atoms with van der Waals surface area (Å²) >= 11 is 0. The number of hydrogen-bond acceptors (Lipinski definition) is 4. The predicted molar refractivity (Wildman–Crippen MR) is 114 cm³/mol. The number of ether oxygens (including phenoxy) is 2. The Hall–Kier alpha value is -1.91. The Balaban J connectivity index is 2.50. The van der Waals surface area contributed by atoms with Crippen molar-refractivity contribution in [1.29, 1.82) is 0 Å². The van der Waals surface area contributed by atoms with Crippen LogP contribution < -0.4 is 0 Å². The van der Waals surface area contributed by atoms with Crippen molar-refractivity contribution in [2.75, 3.05) is 13.2 Å². The first-order valence-electron chi connectivity index (χ1n) is 11.0. The van der Waals surface area contributed by atoms with Crippen LogP contribution in [0.3, 0.4) is 0 Å².